The highest BCUT2D eigenvalue weighted by Gasteiger charge is 2.10. The van der Waals surface area contributed by atoms with E-state index in [0.717, 1.165) is 9.04 Å². The fraction of sp³-hybridized carbons (Fsp3) is 0.105. The number of carbonyl (C=O) groups is 1. The summed E-state index contributed by atoms with van der Waals surface area (Å²) in [6.07, 6.45) is 2.87. The lowest BCUT2D eigenvalue weighted by Crippen LogP contribution is -2.41. The van der Waals surface area contributed by atoms with Crippen molar-refractivity contribution in [3.8, 4) is 11.4 Å². The van der Waals surface area contributed by atoms with Gasteiger partial charge in [-0.1, -0.05) is 15.9 Å². The van der Waals surface area contributed by atoms with Crippen molar-refractivity contribution < 1.29 is 9.53 Å². The van der Waals surface area contributed by atoms with E-state index in [1.54, 1.807) is 55.6 Å². The SMILES string of the molecule is COc1ccc(-n2ccn(CC(=O)Nc3ccc(Br)cc3)c(=O)c2=O)cc1. The van der Waals surface area contributed by atoms with E-state index in [0.29, 0.717) is 17.1 Å². The van der Waals surface area contributed by atoms with E-state index in [1.165, 1.54) is 17.0 Å². The van der Waals surface area contributed by atoms with Crippen LogP contribution < -0.4 is 21.2 Å². The van der Waals surface area contributed by atoms with Crippen molar-refractivity contribution in [1.29, 1.82) is 0 Å². The molecule has 27 heavy (non-hydrogen) atoms. The first-order valence-electron chi connectivity index (χ1n) is 8.00. The molecule has 0 saturated carbocycles. The first-order valence-corrected chi connectivity index (χ1v) is 8.79. The molecular formula is C19H16BrN3O4. The minimum atomic E-state index is -0.778. The first kappa shape index (κ1) is 18.7. The summed E-state index contributed by atoms with van der Waals surface area (Å²) in [6, 6.07) is 13.8. The lowest BCUT2D eigenvalue weighted by molar-refractivity contribution is -0.116. The monoisotopic (exact) mass is 429 g/mol. The molecule has 138 valence electrons. The molecule has 0 radical (unpaired) electrons. The van der Waals surface area contributed by atoms with Crippen molar-refractivity contribution in [2.75, 3.05) is 12.4 Å². The van der Waals surface area contributed by atoms with Gasteiger partial charge in [0.1, 0.15) is 12.3 Å². The van der Waals surface area contributed by atoms with Crippen molar-refractivity contribution in [2.24, 2.45) is 0 Å². The number of hydrogen-bond donors (Lipinski definition) is 1. The van der Waals surface area contributed by atoms with Gasteiger partial charge in [0.05, 0.1) is 7.11 Å². The fourth-order valence-corrected chi connectivity index (χ4v) is 2.73. The summed E-state index contributed by atoms with van der Waals surface area (Å²) in [5, 5.41) is 2.68. The Balaban J connectivity index is 1.80. The zero-order valence-electron chi connectivity index (χ0n) is 14.4. The van der Waals surface area contributed by atoms with Gasteiger partial charge in [-0.15, -0.1) is 0 Å². The third-order valence-electron chi connectivity index (χ3n) is 3.85. The average Bonchev–Trinajstić information content (AvgIpc) is 2.68. The molecule has 1 amide bonds. The second kappa shape index (κ2) is 8.05. The second-order valence-electron chi connectivity index (χ2n) is 5.66. The van der Waals surface area contributed by atoms with Gasteiger partial charge in [0.2, 0.25) is 5.91 Å². The Morgan fingerprint density at radius 1 is 1.00 bits per heavy atom. The third kappa shape index (κ3) is 4.35. The van der Waals surface area contributed by atoms with Crippen molar-refractivity contribution in [3.05, 3.63) is 86.1 Å². The summed E-state index contributed by atoms with van der Waals surface area (Å²) in [4.78, 5) is 36.9. The zero-order chi connectivity index (χ0) is 19.4. The number of methoxy groups -OCH3 is 1. The molecule has 0 atom stereocenters. The Hall–Kier alpha value is -3.13. The van der Waals surface area contributed by atoms with Gasteiger partial charge >= 0.3 is 11.1 Å². The maximum atomic E-state index is 12.4. The topological polar surface area (TPSA) is 82.3 Å². The molecule has 8 heteroatoms. The number of aromatic nitrogens is 2. The third-order valence-corrected chi connectivity index (χ3v) is 4.38. The minimum absolute atomic E-state index is 0.256. The Kier molecular flexibility index (Phi) is 5.56. The van der Waals surface area contributed by atoms with Gasteiger partial charge in [0.25, 0.3) is 0 Å². The molecule has 0 unspecified atom stereocenters. The Labute approximate surface area is 163 Å². The van der Waals surface area contributed by atoms with Crippen LogP contribution in [0.1, 0.15) is 0 Å². The van der Waals surface area contributed by atoms with Crippen LogP contribution in [0.2, 0.25) is 0 Å². The van der Waals surface area contributed by atoms with Crippen LogP contribution in [0.15, 0.2) is 75.0 Å². The molecule has 1 aromatic heterocycles. The van der Waals surface area contributed by atoms with Crippen LogP contribution in [-0.2, 0) is 11.3 Å². The van der Waals surface area contributed by atoms with Crippen molar-refractivity contribution in [3.63, 3.8) is 0 Å². The van der Waals surface area contributed by atoms with Crippen LogP contribution in [0.25, 0.3) is 5.69 Å². The fourth-order valence-electron chi connectivity index (χ4n) is 2.47. The predicted molar refractivity (Wildman–Crippen MR) is 106 cm³/mol. The molecule has 0 bridgehead atoms. The molecule has 1 N–H and O–H groups in total. The number of ether oxygens (including phenoxy) is 1. The summed E-state index contributed by atoms with van der Waals surface area (Å²) in [6.45, 7) is -0.256. The van der Waals surface area contributed by atoms with E-state index < -0.39 is 17.0 Å². The van der Waals surface area contributed by atoms with E-state index in [-0.39, 0.29) is 6.54 Å². The lowest BCUT2D eigenvalue weighted by atomic mass is 10.3. The van der Waals surface area contributed by atoms with Gasteiger partial charge in [-0.3, -0.25) is 23.5 Å². The summed E-state index contributed by atoms with van der Waals surface area (Å²) in [5.74, 6) is 0.241. The maximum Gasteiger partial charge on any atom is 0.320 e. The number of halogens is 1. The van der Waals surface area contributed by atoms with Crippen LogP contribution in [0.3, 0.4) is 0 Å². The van der Waals surface area contributed by atoms with Crippen LogP contribution in [0, 0.1) is 0 Å². The number of amides is 1. The molecule has 7 nitrogen and oxygen atoms in total. The molecule has 3 aromatic rings. The minimum Gasteiger partial charge on any atom is -0.497 e. The van der Waals surface area contributed by atoms with E-state index in [1.807, 2.05) is 0 Å². The summed E-state index contributed by atoms with van der Waals surface area (Å²) < 4.78 is 8.27. The van der Waals surface area contributed by atoms with Gasteiger partial charge in [-0.05, 0) is 48.5 Å². The van der Waals surface area contributed by atoms with Crippen molar-refractivity contribution in [1.82, 2.24) is 9.13 Å². The van der Waals surface area contributed by atoms with Gasteiger partial charge in [0.15, 0.2) is 0 Å². The summed E-state index contributed by atoms with van der Waals surface area (Å²) >= 11 is 3.31. The van der Waals surface area contributed by atoms with E-state index in [4.69, 9.17) is 4.74 Å². The molecule has 3 rings (SSSR count). The number of benzene rings is 2. The predicted octanol–water partition coefficient (Wildman–Crippen LogP) is 2.41. The van der Waals surface area contributed by atoms with Gasteiger partial charge in [-0.25, -0.2) is 0 Å². The van der Waals surface area contributed by atoms with E-state index in [9.17, 15) is 14.4 Å². The molecule has 0 spiro atoms. The van der Waals surface area contributed by atoms with Gasteiger partial charge in [0, 0.05) is 28.2 Å². The van der Waals surface area contributed by atoms with Gasteiger partial charge in [-0.2, -0.15) is 0 Å². The Morgan fingerprint density at radius 3 is 2.30 bits per heavy atom. The molecule has 0 aliphatic rings. The van der Waals surface area contributed by atoms with E-state index in [2.05, 4.69) is 21.2 Å². The lowest BCUT2D eigenvalue weighted by Gasteiger charge is -2.10. The van der Waals surface area contributed by atoms with Crippen LogP contribution in [-0.4, -0.2) is 22.2 Å². The number of nitrogens with zero attached hydrogens (tertiary/aromatic N) is 2. The van der Waals surface area contributed by atoms with Crippen LogP contribution >= 0.6 is 15.9 Å². The standard InChI is InChI=1S/C19H16BrN3O4/c1-27-16-8-6-15(7-9-16)23-11-10-22(18(25)19(23)26)12-17(24)21-14-4-2-13(20)3-5-14/h2-11H,12H2,1H3,(H,21,24). The highest BCUT2D eigenvalue weighted by Crippen LogP contribution is 2.14. The molecule has 0 aliphatic heterocycles. The second-order valence-corrected chi connectivity index (χ2v) is 6.58. The Morgan fingerprint density at radius 2 is 1.67 bits per heavy atom. The smallest absolute Gasteiger partial charge is 0.320 e. The van der Waals surface area contributed by atoms with Crippen LogP contribution in [0.5, 0.6) is 5.75 Å². The normalized spacial score (nSPS) is 10.4. The highest BCUT2D eigenvalue weighted by molar-refractivity contribution is 9.10. The number of rotatable bonds is 5. The molecule has 1 heterocycles. The molecule has 2 aromatic carbocycles. The summed E-state index contributed by atoms with van der Waals surface area (Å²) in [5.41, 5.74) is -0.384. The Bertz CT molecular complexity index is 1070. The number of anilines is 1. The quantitative estimate of drug-likeness (QED) is 0.631. The van der Waals surface area contributed by atoms with Crippen LogP contribution in [0.4, 0.5) is 5.69 Å². The molecule has 0 aliphatic carbocycles. The van der Waals surface area contributed by atoms with Crippen molar-refractivity contribution >= 4 is 27.5 Å². The molecule has 0 fully saturated rings. The number of nitrogens with one attached hydrogen (secondary N) is 1. The zero-order valence-corrected chi connectivity index (χ0v) is 16.0. The summed E-state index contributed by atoms with van der Waals surface area (Å²) in [7, 11) is 1.54. The highest BCUT2D eigenvalue weighted by atomic mass is 79.9. The number of carbonyl (C=O) groups excluding carboxylic acids is 1. The van der Waals surface area contributed by atoms with Crippen molar-refractivity contribution in [2.45, 2.75) is 6.54 Å². The van der Waals surface area contributed by atoms with E-state index >= 15 is 0 Å². The number of hydrogen-bond acceptors (Lipinski definition) is 4. The first-order chi connectivity index (χ1) is 13.0. The van der Waals surface area contributed by atoms with Gasteiger partial charge < -0.3 is 10.1 Å². The largest absolute Gasteiger partial charge is 0.497 e. The average molecular weight is 430 g/mol. The molecule has 0 saturated heterocycles. The molecular weight excluding hydrogens is 414 g/mol. The maximum absolute atomic E-state index is 12.4.